The molecule has 1 spiro atoms. The number of aliphatic hydroxyl groups is 3. The fourth-order valence-electron chi connectivity index (χ4n) is 5.24. The number of benzene rings is 2. The van der Waals surface area contributed by atoms with Crippen LogP contribution in [0.2, 0.25) is 0 Å². The van der Waals surface area contributed by atoms with Crippen molar-refractivity contribution in [2.75, 3.05) is 6.61 Å². The highest BCUT2D eigenvalue weighted by molar-refractivity contribution is 5.91. The lowest BCUT2D eigenvalue weighted by Gasteiger charge is -2.51. The fraction of sp³-hybridized carbons (Fsp3) is 0.348. The Kier molecular flexibility index (Phi) is 5.01. The molecule has 0 aromatic heterocycles. The Balaban J connectivity index is 1.65. The molecule has 2 aromatic carbocycles. The molecule has 0 saturated carbocycles. The van der Waals surface area contributed by atoms with Gasteiger partial charge in [0.15, 0.2) is 23.7 Å². The van der Waals surface area contributed by atoms with Crippen LogP contribution < -0.4 is 16.0 Å². The summed E-state index contributed by atoms with van der Waals surface area (Å²) in [5.41, 5.74) is -0.120. The van der Waals surface area contributed by atoms with Crippen LogP contribution in [0, 0.1) is 17.7 Å². The number of hydrogen-bond acceptors (Lipinski definition) is 7. The molecule has 3 aliphatic heterocycles. The van der Waals surface area contributed by atoms with E-state index >= 15 is 0 Å². The molecule has 2 aromatic rings. The summed E-state index contributed by atoms with van der Waals surface area (Å²) in [4.78, 5) is 14.5. The second kappa shape index (κ2) is 7.69. The van der Waals surface area contributed by atoms with Crippen LogP contribution in [0.3, 0.4) is 0 Å². The Bertz CT molecular complexity index is 1140. The normalized spacial score (nSPS) is 31.1. The molecule has 0 radical (unpaired) electrons. The Morgan fingerprint density at radius 1 is 1.09 bits per heavy atom. The van der Waals surface area contributed by atoms with Crippen molar-refractivity contribution < 1.29 is 24.9 Å². The maximum absolute atomic E-state index is 13.1. The molecule has 3 saturated heterocycles. The Labute approximate surface area is 195 Å². The molecule has 5 atom stereocenters. The second-order valence-corrected chi connectivity index (χ2v) is 8.81. The van der Waals surface area contributed by atoms with E-state index in [1.54, 1.807) is 54.6 Å². The SMILES string of the molecule is Cc1ccc(C(=O)O[C@H]2[C@H](c3ccccc3)N3C(=N)N[C@@H](CO)[C@@H]4NC(=N)NC43C2(O)O)cc1. The van der Waals surface area contributed by atoms with Gasteiger partial charge in [-0.05, 0) is 24.6 Å². The van der Waals surface area contributed by atoms with Crippen molar-refractivity contribution >= 4 is 17.9 Å². The third kappa shape index (κ3) is 2.98. The first kappa shape index (κ1) is 22.1. The van der Waals surface area contributed by atoms with Gasteiger partial charge in [0.25, 0.3) is 0 Å². The fourth-order valence-corrected chi connectivity index (χ4v) is 5.24. The summed E-state index contributed by atoms with van der Waals surface area (Å²) in [5, 5.41) is 58.6. The van der Waals surface area contributed by atoms with Crippen LogP contribution in [0.25, 0.3) is 0 Å². The van der Waals surface area contributed by atoms with Gasteiger partial charge in [-0.3, -0.25) is 10.8 Å². The van der Waals surface area contributed by atoms with Gasteiger partial charge in [-0.2, -0.15) is 0 Å². The number of carbonyl (C=O) groups is 1. The maximum atomic E-state index is 13.1. The number of guanidine groups is 2. The van der Waals surface area contributed by atoms with E-state index in [0.717, 1.165) is 5.56 Å². The zero-order chi connectivity index (χ0) is 24.3. The Hall–Kier alpha value is -3.67. The molecule has 0 aliphatic carbocycles. The molecule has 11 nitrogen and oxygen atoms in total. The van der Waals surface area contributed by atoms with E-state index in [9.17, 15) is 20.1 Å². The minimum absolute atomic E-state index is 0.213. The van der Waals surface area contributed by atoms with Crippen LogP contribution in [0.1, 0.15) is 27.5 Å². The molecule has 5 rings (SSSR count). The predicted octanol–water partition coefficient (Wildman–Crippen LogP) is -0.650. The predicted molar refractivity (Wildman–Crippen MR) is 121 cm³/mol. The van der Waals surface area contributed by atoms with E-state index in [1.807, 2.05) is 6.92 Å². The number of aryl methyl sites for hydroxylation is 1. The van der Waals surface area contributed by atoms with Crippen LogP contribution in [-0.2, 0) is 4.74 Å². The van der Waals surface area contributed by atoms with E-state index in [0.29, 0.717) is 5.56 Å². The van der Waals surface area contributed by atoms with Crippen molar-refractivity contribution in [2.24, 2.45) is 0 Å². The zero-order valence-electron chi connectivity index (χ0n) is 18.3. The lowest BCUT2D eigenvalue weighted by atomic mass is 9.85. The van der Waals surface area contributed by atoms with Gasteiger partial charge in [-0.1, -0.05) is 48.0 Å². The van der Waals surface area contributed by atoms with Gasteiger partial charge in [0.1, 0.15) is 6.04 Å². The molecule has 0 bridgehead atoms. The first-order valence-corrected chi connectivity index (χ1v) is 10.9. The highest BCUT2D eigenvalue weighted by Crippen LogP contribution is 2.52. The topological polar surface area (TPSA) is 174 Å². The maximum Gasteiger partial charge on any atom is 0.338 e. The van der Waals surface area contributed by atoms with Gasteiger partial charge in [-0.25, -0.2) is 4.79 Å². The van der Waals surface area contributed by atoms with E-state index < -0.39 is 48.3 Å². The number of carbonyl (C=O) groups excluding carboxylic acids is 1. The van der Waals surface area contributed by atoms with Crippen LogP contribution in [-0.4, -0.2) is 74.4 Å². The number of esters is 1. The third-order valence-electron chi connectivity index (χ3n) is 6.79. The van der Waals surface area contributed by atoms with Gasteiger partial charge >= 0.3 is 5.97 Å². The Morgan fingerprint density at radius 2 is 1.76 bits per heavy atom. The van der Waals surface area contributed by atoms with Gasteiger partial charge < -0.3 is 40.9 Å². The summed E-state index contributed by atoms with van der Waals surface area (Å²) in [5.74, 6) is -3.95. The van der Waals surface area contributed by atoms with Crippen LogP contribution in [0.5, 0.6) is 0 Å². The largest absolute Gasteiger partial charge is 0.450 e. The summed E-state index contributed by atoms with van der Waals surface area (Å²) in [6.45, 7) is 1.44. The van der Waals surface area contributed by atoms with Crippen molar-refractivity contribution in [3.05, 3.63) is 71.3 Å². The molecule has 11 heteroatoms. The number of ether oxygens (including phenoxy) is 1. The van der Waals surface area contributed by atoms with E-state index in [1.165, 1.54) is 4.90 Å². The average Bonchev–Trinajstić information content (AvgIpc) is 3.27. The molecular formula is C23H26N6O5. The molecule has 178 valence electrons. The van der Waals surface area contributed by atoms with Crippen molar-refractivity contribution in [1.29, 1.82) is 10.8 Å². The summed E-state index contributed by atoms with van der Waals surface area (Å²) in [6, 6.07) is 12.7. The summed E-state index contributed by atoms with van der Waals surface area (Å²) >= 11 is 0. The van der Waals surface area contributed by atoms with Gasteiger partial charge in [0.2, 0.25) is 5.79 Å². The van der Waals surface area contributed by atoms with Crippen LogP contribution >= 0.6 is 0 Å². The minimum Gasteiger partial charge on any atom is -0.450 e. The van der Waals surface area contributed by atoms with Gasteiger partial charge in [0.05, 0.1) is 24.3 Å². The smallest absolute Gasteiger partial charge is 0.338 e. The quantitative estimate of drug-likeness (QED) is 0.215. The molecule has 3 fully saturated rings. The van der Waals surface area contributed by atoms with E-state index in [2.05, 4.69) is 16.0 Å². The summed E-state index contributed by atoms with van der Waals surface area (Å²) < 4.78 is 5.76. The number of aliphatic hydroxyl groups excluding tert-OH is 1. The van der Waals surface area contributed by atoms with Crippen molar-refractivity contribution in [2.45, 2.75) is 42.6 Å². The number of nitrogens with one attached hydrogen (secondary N) is 5. The number of rotatable bonds is 4. The van der Waals surface area contributed by atoms with E-state index in [4.69, 9.17) is 15.6 Å². The number of hydrogen-bond donors (Lipinski definition) is 8. The Morgan fingerprint density at radius 3 is 2.41 bits per heavy atom. The average molecular weight is 466 g/mol. The number of nitrogens with zero attached hydrogens (tertiary/aromatic N) is 1. The first-order chi connectivity index (χ1) is 16.2. The monoisotopic (exact) mass is 466 g/mol. The highest BCUT2D eigenvalue weighted by atomic mass is 16.6. The zero-order valence-corrected chi connectivity index (χ0v) is 18.3. The molecule has 1 unspecified atom stereocenters. The molecule has 8 N–H and O–H groups in total. The van der Waals surface area contributed by atoms with Crippen molar-refractivity contribution in [3.8, 4) is 0 Å². The second-order valence-electron chi connectivity index (χ2n) is 8.81. The summed E-state index contributed by atoms with van der Waals surface area (Å²) in [7, 11) is 0. The van der Waals surface area contributed by atoms with Gasteiger partial charge in [0, 0.05) is 0 Å². The highest BCUT2D eigenvalue weighted by Gasteiger charge is 2.78. The molecule has 0 amide bonds. The minimum atomic E-state index is -2.77. The van der Waals surface area contributed by atoms with Crippen molar-refractivity contribution in [3.63, 3.8) is 0 Å². The molecular weight excluding hydrogens is 440 g/mol. The lowest BCUT2D eigenvalue weighted by molar-refractivity contribution is -0.259. The third-order valence-corrected chi connectivity index (χ3v) is 6.79. The van der Waals surface area contributed by atoms with Crippen LogP contribution in [0.4, 0.5) is 0 Å². The van der Waals surface area contributed by atoms with Crippen molar-refractivity contribution in [1.82, 2.24) is 20.9 Å². The van der Waals surface area contributed by atoms with E-state index in [-0.39, 0.29) is 17.5 Å². The molecule has 3 aliphatic rings. The van der Waals surface area contributed by atoms with Gasteiger partial charge in [-0.15, -0.1) is 0 Å². The van der Waals surface area contributed by atoms with Crippen LogP contribution in [0.15, 0.2) is 54.6 Å². The molecule has 3 heterocycles. The first-order valence-electron chi connectivity index (χ1n) is 10.9. The molecule has 34 heavy (non-hydrogen) atoms. The standard InChI is InChI=1S/C23H26N6O5/c1-12-7-9-14(10-8-12)19(31)34-18-16(13-5-3-2-4-6-13)29-21(25)26-15(11-30)17-22(29,23(18,32)33)28-20(24)27-17/h2-10,15-18,30,32-33H,11H2,1H3,(H2,25,26)(H3,24,27,28)/t15-,16-,17-,18-,22?/m0/s1. The lowest BCUT2D eigenvalue weighted by Crippen LogP contribution is -2.81. The summed E-state index contributed by atoms with van der Waals surface area (Å²) in [6.07, 6.45) is -1.55.